The van der Waals surface area contributed by atoms with Crippen LogP contribution in [0.3, 0.4) is 0 Å². The summed E-state index contributed by atoms with van der Waals surface area (Å²) in [4.78, 5) is 23.9. The molecule has 2 unspecified atom stereocenters. The Morgan fingerprint density at radius 1 is 1.27 bits per heavy atom. The fraction of sp³-hybridized carbons (Fsp3) is 0.667. The standard InChI is InChI=1S/C15H22ClN3O3/c1-9-12(16)13(18-19(9)2)14(20)17-11-8-6-4-3-5-7-10(11)15(21)22/h10-11H,3-8H2,1-2H3,(H,17,20)(H,21,22). The Morgan fingerprint density at radius 3 is 2.45 bits per heavy atom. The van der Waals surface area contributed by atoms with Crippen LogP contribution in [-0.4, -0.2) is 32.8 Å². The van der Waals surface area contributed by atoms with E-state index in [2.05, 4.69) is 10.4 Å². The van der Waals surface area contributed by atoms with Gasteiger partial charge in [0.2, 0.25) is 0 Å². The number of nitrogens with zero attached hydrogens (tertiary/aromatic N) is 2. The van der Waals surface area contributed by atoms with Crippen molar-refractivity contribution in [3.8, 4) is 0 Å². The summed E-state index contributed by atoms with van der Waals surface area (Å²) in [6.07, 6.45) is 5.19. The van der Waals surface area contributed by atoms with Crippen molar-refractivity contribution in [3.05, 3.63) is 16.4 Å². The van der Waals surface area contributed by atoms with Gasteiger partial charge in [0.15, 0.2) is 5.69 Å². The first-order valence-electron chi connectivity index (χ1n) is 7.64. The Balaban J connectivity index is 2.15. The number of carbonyl (C=O) groups is 2. The summed E-state index contributed by atoms with van der Waals surface area (Å²) in [6.45, 7) is 1.78. The Morgan fingerprint density at radius 2 is 1.91 bits per heavy atom. The zero-order valence-electron chi connectivity index (χ0n) is 12.9. The van der Waals surface area contributed by atoms with Gasteiger partial charge < -0.3 is 10.4 Å². The SMILES string of the molecule is Cc1c(Cl)c(C(=O)NC2CCCCCCC2C(=O)O)nn1C. The Bertz CT molecular complexity index is 571. The first kappa shape index (κ1) is 16.8. The lowest BCUT2D eigenvalue weighted by atomic mass is 9.86. The number of rotatable bonds is 3. The first-order valence-corrected chi connectivity index (χ1v) is 8.02. The zero-order valence-corrected chi connectivity index (χ0v) is 13.7. The molecular formula is C15H22ClN3O3. The molecule has 0 bridgehead atoms. The molecule has 2 N–H and O–H groups in total. The summed E-state index contributed by atoms with van der Waals surface area (Å²) in [5, 5.41) is 16.7. The van der Waals surface area contributed by atoms with Crippen molar-refractivity contribution in [2.24, 2.45) is 13.0 Å². The molecule has 122 valence electrons. The van der Waals surface area contributed by atoms with Crippen LogP contribution in [0.4, 0.5) is 0 Å². The maximum Gasteiger partial charge on any atom is 0.308 e. The molecule has 0 radical (unpaired) electrons. The van der Waals surface area contributed by atoms with Gasteiger partial charge in [-0.05, 0) is 19.8 Å². The maximum atomic E-state index is 12.4. The highest BCUT2D eigenvalue weighted by Gasteiger charge is 2.31. The number of amides is 1. The van der Waals surface area contributed by atoms with Gasteiger partial charge in [0.05, 0.1) is 16.6 Å². The van der Waals surface area contributed by atoms with E-state index in [-0.39, 0.29) is 11.7 Å². The van der Waals surface area contributed by atoms with Gasteiger partial charge in [0.1, 0.15) is 0 Å². The first-order chi connectivity index (χ1) is 10.4. The van der Waals surface area contributed by atoms with Crippen molar-refractivity contribution in [2.75, 3.05) is 0 Å². The number of nitrogens with one attached hydrogen (secondary N) is 1. The van der Waals surface area contributed by atoms with Crippen LogP contribution >= 0.6 is 11.6 Å². The van der Waals surface area contributed by atoms with Crippen LogP contribution in [-0.2, 0) is 11.8 Å². The summed E-state index contributed by atoms with van der Waals surface area (Å²) in [5.74, 6) is -1.80. The number of carboxylic acid groups (broad SMARTS) is 1. The van der Waals surface area contributed by atoms with Gasteiger partial charge in [-0.25, -0.2) is 0 Å². The summed E-state index contributed by atoms with van der Waals surface area (Å²) in [6, 6.07) is -0.372. The van der Waals surface area contributed by atoms with E-state index in [9.17, 15) is 14.7 Å². The molecule has 0 spiro atoms. The molecule has 2 rings (SSSR count). The van der Waals surface area contributed by atoms with Crippen molar-refractivity contribution in [3.63, 3.8) is 0 Å². The molecule has 2 atom stereocenters. The number of carboxylic acids is 1. The molecule has 7 heteroatoms. The molecule has 1 aliphatic rings. The minimum absolute atomic E-state index is 0.160. The van der Waals surface area contributed by atoms with Crippen LogP contribution in [0, 0.1) is 12.8 Å². The molecule has 1 saturated carbocycles. The number of aliphatic carboxylic acids is 1. The van der Waals surface area contributed by atoms with Crippen molar-refractivity contribution in [1.29, 1.82) is 0 Å². The molecule has 1 heterocycles. The normalized spacial score (nSPS) is 22.7. The van der Waals surface area contributed by atoms with Crippen molar-refractivity contribution in [1.82, 2.24) is 15.1 Å². The number of aryl methyl sites for hydroxylation is 1. The van der Waals surface area contributed by atoms with Crippen LogP contribution in [0.5, 0.6) is 0 Å². The lowest BCUT2D eigenvalue weighted by Crippen LogP contribution is -2.44. The highest BCUT2D eigenvalue weighted by Crippen LogP contribution is 2.25. The number of aromatic nitrogens is 2. The van der Waals surface area contributed by atoms with Crippen molar-refractivity contribution in [2.45, 2.75) is 51.5 Å². The second kappa shape index (κ2) is 7.13. The average molecular weight is 328 g/mol. The Hall–Kier alpha value is -1.56. The van der Waals surface area contributed by atoms with Gasteiger partial charge in [-0.1, -0.05) is 37.3 Å². The molecule has 6 nitrogen and oxygen atoms in total. The third kappa shape index (κ3) is 3.61. The van der Waals surface area contributed by atoms with Gasteiger partial charge in [-0.2, -0.15) is 5.10 Å². The van der Waals surface area contributed by atoms with Crippen LogP contribution in [0.25, 0.3) is 0 Å². The second-order valence-electron chi connectivity index (χ2n) is 5.89. The summed E-state index contributed by atoms with van der Waals surface area (Å²) in [7, 11) is 1.72. The molecule has 0 aromatic carbocycles. The van der Waals surface area contributed by atoms with E-state index in [1.807, 2.05) is 0 Å². The van der Waals surface area contributed by atoms with E-state index in [4.69, 9.17) is 11.6 Å². The molecule has 1 aromatic heterocycles. The van der Waals surface area contributed by atoms with Crippen LogP contribution in [0.1, 0.15) is 54.7 Å². The lowest BCUT2D eigenvalue weighted by molar-refractivity contribution is -0.143. The van der Waals surface area contributed by atoms with E-state index >= 15 is 0 Å². The minimum Gasteiger partial charge on any atom is -0.481 e. The van der Waals surface area contributed by atoms with E-state index in [1.165, 1.54) is 0 Å². The van der Waals surface area contributed by atoms with Gasteiger partial charge in [0.25, 0.3) is 5.91 Å². The largest absolute Gasteiger partial charge is 0.481 e. The fourth-order valence-corrected chi connectivity index (χ4v) is 3.16. The molecule has 1 amide bonds. The smallest absolute Gasteiger partial charge is 0.308 e. The predicted octanol–water partition coefficient (Wildman–Crippen LogP) is 2.54. The molecular weight excluding hydrogens is 306 g/mol. The monoisotopic (exact) mass is 327 g/mol. The Kier molecular flexibility index (Phi) is 5.45. The molecule has 1 fully saturated rings. The lowest BCUT2D eigenvalue weighted by Gasteiger charge is -2.27. The van der Waals surface area contributed by atoms with Gasteiger partial charge in [0, 0.05) is 13.1 Å². The van der Waals surface area contributed by atoms with Gasteiger partial charge in [-0.15, -0.1) is 0 Å². The Labute approximate surface area is 134 Å². The van der Waals surface area contributed by atoms with Crippen molar-refractivity contribution < 1.29 is 14.7 Å². The molecule has 0 saturated heterocycles. The number of halogens is 1. The van der Waals surface area contributed by atoms with E-state index in [0.29, 0.717) is 23.6 Å². The molecule has 22 heavy (non-hydrogen) atoms. The van der Waals surface area contributed by atoms with Crippen LogP contribution in [0.15, 0.2) is 0 Å². The van der Waals surface area contributed by atoms with Gasteiger partial charge in [-0.3, -0.25) is 14.3 Å². The van der Waals surface area contributed by atoms with Crippen LogP contribution < -0.4 is 5.32 Å². The van der Waals surface area contributed by atoms with E-state index < -0.39 is 17.8 Å². The minimum atomic E-state index is -0.851. The highest BCUT2D eigenvalue weighted by atomic mass is 35.5. The number of hydrogen-bond donors (Lipinski definition) is 2. The topological polar surface area (TPSA) is 84.2 Å². The van der Waals surface area contributed by atoms with E-state index in [1.54, 1.807) is 18.7 Å². The summed E-state index contributed by atoms with van der Waals surface area (Å²) < 4.78 is 1.55. The molecule has 0 aliphatic heterocycles. The van der Waals surface area contributed by atoms with Crippen molar-refractivity contribution >= 4 is 23.5 Å². The maximum absolute atomic E-state index is 12.4. The van der Waals surface area contributed by atoms with Gasteiger partial charge >= 0.3 is 5.97 Å². The predicted molar refractivity (Wildman–Crippen MR) is 83.0 cm³/mol. The second-order valence-corrected chi connectivity index (χ2v) is 6.27. The third-order valence-corrected chi connectivity index (χ3v) is 4.83. The number of hydrogen-bond acceptors (Lipinski definition) is 3. The average Bonchev–Trinajstić information content (AvgIpc) is 2.69. The number of carbonyl (C=O) groups excluding carboxylic acids is 1. The summed E-state index contributed by atoms with van der Waals surface area (Å²) >= 11 is 6.12. The van der Waals surface area contributed by atoms with Crippen LogP contribution in [0.2, 0.25) is 5.02 Å². The zero-order chi connectivity index (χ0) is 16.3. The third-order valence-electron chi connectivity index (χ3n) is 4.38. The molecule has 1 aliphatic carbocycles. The quantitative estimate of drug-likeness (QED) is 0.893. The molecule has 1 aromatic rings. The van der Waals surface area contributed by atoms with E-state index in [0.717, 1.165) is 25.7 Å². The highest BCUT2D eigenvalue weighted by molar-refractivity contribution is 6.34. The fourth-order valence-electron chi connectivity index (χ4n) is 2.92. The summed E-state index contributed by atoms with van der Waals surface area (Å²) in [5.41, 5.74) is 0.868.